The highest BCUT2D eigenvalue weighted by molar-refractivity contribution is 5.39. The predicted octanol–water partition coefficient (Wildman–Crippen LogP) is 3.75. The topological polar surface area (TPSA) is 21.7 Å². The van der Waals surface area contributed by atoms with Crippen LogP contribution in [-0.2, 0) is 0 Å². The second-order valence-electron chi connectivity index (χ2n) is 5.67. The molecular weight excluding hydrogens is 262 g/mol. The number of para-hydroxylation sites is 2. The Morgan fingerprint density at radius 1 is 1.19 bits per heavy atom. The number of likely N-dealkylation sites (tertiary alicyclic amines) is 1. The van der Waals surface area contributed by atoms with E-state index in [1.54, 1.807) is 0 Å². The number of ether oxygens (including phenoxy) is 2. The lowest BCUT2D eigenvalue weighted by Crippen LogP contribution is -2.34. The summed E-state index contributed by atoms with van der Waals surface area (Å²) in [4.78, 5) is 2.51. The number of hydrogen-bond acceptors (Lipinski definition) is 3. The zero-order valence-electron chi connectivity index (χ0n) is 13.3. The van der Waals surface area contributed by atoms with Gasteiger partial charge in [-0.15, -0.1) is 0 Å². The van der Waals surface area contributed by atoms with Crippen LogP contribution in [-0.4, -0.2) is 37.7 Å². The second kappa shape index (κ2) is 8.73. The number of hydrogen-bond donors (Lipinski definition) is 0. The Morgan fingerprint density at radius 2 is 1.95 bits per heavy atom. The molecule has 1 saturated heterocycles. The minimum absolute atomic E-state index is 0.591. The number of nitrogens with zero attached hydrogens (tertiary/aromatic N) is 1. The molecule has 21 heavy (non-hydrogen) atoms. The molecule has 1 fully saturated rings. The minimum atomic E-state index is 0.591. The van der Waals surface area contributed by atoms with Crippen LogP contribution in [0.25, 0.3) is 0 Å². The number of benzene rings is 1. The van der Waals surface area contributed by atoms with Crippen molar-refractivity contribution in [1.82, 2.24) is 4.90 Å². The third-order valence-corrected chi connectivity index (χ3v) is 3.76. The van der Waals surface area contributed by atoms with Crippen molar-refractivity contribution in [3.8, 4) is 11.5 Å². The molecule has 0 N–H and O–H groups in total. The van der Waals surface area contributed by atoms with Crippen molar-refractivity contribution in [3.05, 3.63) is 36.4 Å². The maximum atomic E-state index is 5.77. The van der Waals surface area contributed by atoms with E-state index in [4.69, 9.17) is 9.47 Å². The van der Waals surface area contributed by atoms with E-state index in [1.807, 2.05) is 31.2 Å². The summed E-state index contributed by atoms with van der Waals surface area (Å²) in [7, 11) is 0. The van der Waals surface area contributed by atoms with Gasteiger partial charge in [-0.1, -0.05) is 31.2 Å². The standard InChI is InChI=1S/C18H27NO2/c1-3-20-17-10-4-5-11-18(17)21-14-7-6-12-19-13-8-9-16(2)15-19/h4-7,10-11,16H,3,8-9,12-15H2,1-2H3/b7-6+/t16-/m0/s1. The molecule has 3 nitrogen and oxygen atoms in total. The first-order valence-electron chi connectivity index (χ1n) is 8.01. The van der Waals surface area contributed by atoms with Gasteiger partial charge in [0.05, 0.1) is 6.61 Å². The fourth-order valence-electron chi connectivity index (χ4n) is 2.73. The summed E-state index contributed by atoms with van der Waals surface area (Å²) >= 11 is 0. The highest BCUT2D eigenvalue weighted by Crippen LogP contribution is 2.26. The van der Waals surface area contributed by atoms with Crippen molar-refractivity contribution in [1.29, 1.82) is 0 Å². The predicted molar refractivity (Wildman–Crippen MR) is 87.1 cm³/mol. The van der Waals surface area contributed by atoms with Crippen LogP contribution in [0.2, 0.25) is 0 Å². The van der Waals surface area contributed by atoms with Crippen molar-refractivity contribution >= 4 is 0 Å². The smallest absolute Gasteiger partial charge is 0.161 e. The lowest BCUT2D eigenvalue weighted by atomic mass is 10.0. The Hall–Kier alpha value is -1.48. The van der Waals surface area contributed by atoms with Gasteiger partial charge in [-0.05, 0) is 44.4 Å². The summed E-state index contributed by atoms with van der Waals surface area (Å²) in [5.41, 5.74) is 0. The van der Waals surface area contributed by atoms with Crippen LogP contribution in [0, 0.1) is 5.92 Å². The molecule has 0 aliphatic carbocycles. The highest BCUT2D eigenvalue weighted by Gasteiger charge is 2.14. The lowest BCUT2D eigenvalue weighted by molar-refractivity contribution is 0.201. The third kappa shape index (κ3) is 5.43. The molecule has 0 spiro atoms. The Kier molecular flexibility index (Phi) is 6.61. The first kappa shape index (κ1) is 15.9. The van der Waals surface area contributed by atoms with E-state index in [2.05, 4.69) is 24.0 Å². The van der Waals surface area contributed by atoms with Crippen LogP contribution in [0.4, 0.5) is 0 Å². The van der Waals surface area contributed by atoms with E-state index in [0.717, 1.165) is 24.0 Å². The summed E-state index contributed by atoms with van der Waals surface area (Å²) < 4.78 is 11.3. The minimum Gasteiger partial charge on any atom is -0.490 e. The average Bonchev–Trinajstić information content (AvgIpc) is 2.49. The molecule has 116 valence electrons. The van der Waals surface area contributed by atoms with E-state index < -0.39 is 0 Å². The zero-order valence-corrected chi connectivity index (χ0v) is 13.3. The van der Waals surface area contributed by atoms with Crippen molar-refractivity contribution < 1.29 is 9.47 Å². The molecule has 1 heterocycles. The molecule has 1 aliphatic heterocycles. The molecule has 1 aromatic rings. The Balaban J connectivity index is 1.72. The molecule has 0 radical (unpaired) electrons. The molecule has 0 unspecified atom stereocenters. The molecule has 1 atom stereocenters. The van der Waals surface area contributed by atoms with Crippen molar-refractivity contribution in [2.75, 3.05) is 32.8 Å². The monoisotopic (exact) mass is 289 g/mol. The molecule has 1 aromatic carbocycles. The summed E-state index contributed by atoms with van der Waals surface area (Å²) in [6.45, 7) is 9.04. The molecule has 0 aromatic heterocycles. The normalized spacial score (nSPS) is 19.8. The lowest BCUT2D eigenvalue weighted by Gasteiger charge is -2.29. The largest absolute Gasteiger partial charge is 0.490 e. The number of rotatable bonds is 7. The Morgan fingerprint density at radius 3 is 2.67 bits per heavy atom. The number of piperidine rings is 1. The van der Waals surface area contributed by atoms with Crippen LogP contribution in [0.3, 0.4) is 0 Å². The van der Waals surface area contributed by atoms with Crippen molar-refractivity contribution in [2.24, 2.45) is 5.92 Å². The molecule has 3 heteroatoms. The molecule has 0 amide bonds. The van der Waals surface area contributed by atoms with Gasteiger partial charge in [-0.25, -0.2) is 0 Å². The van der Waals surface area contributed by atoms with Crippen LogP contribution in [0.15, 0.2) is 36.4 Å². The molecule has 0 bridgehead atoms. The summed E-state index contributed by atoms with van der Waals surface area (Å²) in [6.07, 6.45) is 7.01. The third-order valence-electron chi connectivity index (χ3n) is 3.76. The van der Waals surface area contributed by atoms with Gasteiger partial charge in [-0.2, -0.15) is 0 Å². The maximum Gasteiger partial charge on any atom is 0.161 e. The van der Waals surface area contributed by atoms with Gasteiger partial charge in [-0.3, -0.25) is 4.90 Å². The fourth-order valence-corrected chi connectivity index (χ4v) is 2.73. The zero-order chi connectivity index (χ0) is 14.9. The summed E-state index contributed by atoms with van der Waals surface area (Å²) in [5, 5.41) is 0. The van der Waals surface area contributed by atoms with E-state index >= 15 is 0 Å². The van der Waals surface area contributed by atoms with Crippen molar-refractivity contribution in [3.63, 3.8) is 0 Å². The molecule has 1 aliphatic rings. The molecule has 0 saturated carbocycles. The van der Waals surface area contributed by atoms with Crippen molar-refractivity contribution in [2.45, 2.75) is 26.7 Å². The van der Waals surface area contributed by atoms with Gasteiger partial charge >= 0.3 is 0 Å². The van der Waals surface area contributed by atoms with Gasteiger partial charge in [0.15, 0.2) is 11.5 Å². The van der Waals surface area contributed by atoms with Crippen LogP contribution in [0.1, 0.15) is 26.7 Å². The summed E-state index contributed by atoms with van der Waals surface area (Å²) in [6, 6.07) is 7.82. The molecule has 2 rings (SSSR count). The van der Waals surface area contributed by atoms with E-state index in [-0.39, 0.29) is 0 Å². The second-order valence-corrected chi connectivity index (χ2v) is 5.67. The SMILES string of the molecule is CCOc1ccccc1OC/C=C/CN1CCC[C@H](C)C1. The summed E-state index contributed by atoms with van der Waals surface area (Å²) in [5.74, 6) is 2.47. The van der Waals surface area contributed by atoms with Gasteiger partial charge in [0.1, 0.15) is 6.61 Å². The van der Waals surface area contributed by atoms with Crippen LogP contribution < -0.4 is 9.47 Å². The Labute approximate surface area is 128 Å². The van der Waals surface area contributed by atoms with Crippen LogP contribution in [0.5, 0.6) is 11.5 Å². The van der Waals surface area contributed by atoms with E-state index in [0.29, 0.717) is 13.2 Å². The quantitative estimate of drug-likeness (QED) is 0.714. The average molecular weight is 289 g/mol. The van der Waals surface area contributed by atoms with Gasteiger partial charge in [0.25, 0.3) is 0 Å². The fraction of sp³-hybridized carbons (Fsp3) is 0.556. The van der Waals surface area contributed by atoms with Crippen LogP contribution >= 0.6 is 0 Å². The van der Waals surface area contributed by atoms with Gasteiger partial charge in [0, 0.05) is 13.1 Å². The van der Waals surface area contributed by atoms with E-state index in [1.165, 1.54) is 25.9 Å². The molecular formula is C18H27NO2. The van der Waals surface area contributed by atoms with Gasteiger partial charge < -0.3 is 9.47 Å². The maximum absolute atomic E-state index is 5.77. The van der Waals surface area contributed by atoms with E-state index in [9.17, 15) is 0 Å². The first-order valence-corrected chi connectivity index (χ1v) is 8.01. The Bertz CT molecular complexity index is 445. The highest BCUT2D eigenvalue weighted by atomic mass is 16.5. The first-order chi connectivity index (χ1) is 10.3. The van der Waals surface area contributed by atoms with Gasteiger partial charge in [0.2, 0.25) is 0 Å².